The summed E-state index contributed by atoms with van der Waals surface area (Å²) in [5.41, 5.74) is 3.03. The van der Waals surface area contributed by atoms with Crippen molar-refractivity contribution in [2.45, 2.75) is 57.8 Å². The number of oxazole rings is 1. The first-order chi connectivity index (χ1) is 15.0. The highest BCUT2D eigenvalue weighted by atomic mass is 32.2. The van der Waals surface area contributed by atoms with Crippen molar-refractivity contribution in [3.05, 3.63) is 64.2 Å². The predicted octanol–water partition coefficient (Wildman–Crippen LogP) is 4.59. The number of aromatic nitrogens is 1. The molecule has 0 bridgehead atoms. The largest absolute Gasteiger partial charge is 0.448 e. The van der Waals surface area contributed by atoms with E-state index >= 15 is 0 Å². The van der Waals surface area contributed by atoms with Crippen molar-refractivity contribution in [3.63, 3.8) is 0 Å². The number of hydrogen-bond acceptors (Lipinski definition) is 7. The molecular weight excluding hydrogens is 416 g/mol. The first kappa shape index (κ1) is 21.8. The summed E-state index contributed by atoms with van der Waals surface area (Å²) in [6, 6.07) is 8.17. The van der Waals surface area contributed by atoms with Gasteiger partial charge in [-0.15, -0.1) is 0 Å². The Balaban J connectivity index is 1.41. The van der Waals surface area contributed by atoms with Crippen LogP contribution in [-0.2, 0) is 14.3 Å². The molecule has 2 aromatic rings. The number of ether oxygens (including phenoxy) is 2. The maximum Gasteiger partial charge on any atom is 0.290 e. The molecule has 31 heavy (non-hydrogen) atoms. The highest BCUT2D eigenvalue weighted by Crippen LogP contribution is 2.34. The van der Waals surface area contributed by atoms with Crippen molar-refractivity contribution in [1.82, 2.24) is 10.3 Å². The van der Waals surface area contributed by atoms with Crippen molar-refractivity contribution in [1.29, 1.82) is 0 Å². The minimum Gasteiger partial charge on any atom is -0.448 e. The fraction of sp³-hybridized carbons (Fsp3) is 0.435. The second-order valence-electron chi connectivity index (χ2n) is 7.82. The molecule has 2 heterocycles. The van der Waals surface area contributed by atoms with Gasteiger partial charge in [0.2, 0.25) is 0 Å². The molecule has 0 spiro atoms. The Bertz CT molecular complexity index is 986. The molecule has 1 aliphatic heterocycles. The molecule has 1 saturated heterocycles. The lowest BCUT2D eigenvalue weighted by molar-refractivity contribution is -0.115. The highest BCUT2D eigenvalue weighted by Gasteiger charge is 2.30. The Morgan fingerprint density at radius 3 is 2.77 bits per heavy atom. The number of nitrogens with one attached hydrogen (secondary N) is 1. The average molecular weight is 443 g/mol. The van der Waals surface area contributed by atoms with Gasteiger partial charge in [-0.3, -0.25) is 14.9 Å². The second-order valence-corrected chi connectivity index (χ2v) is 8.84. The molecule has 1 aromatic heterocycles. The van der Waals surface area contributed by atoms with Gasteiger partial charge >= 0.3 is 0 Å². The molecule has 2 fully saturated rings. The fourth-order valence-corrected chi connectivity index (χ4v) is 4.66. The van der Waals surface area contributed by atoms with Gasteiger partial charge in [0.15, 0.2) is 6.39 Å². The van der Waals surface area contributed by atoms with Crippen molar-refractivity contribution in [3.8, 4) is 0 Å². The zero-order valence-corrected chi connectivity index (χ0v) is 18.4. The van der Waals surface area contributed by atoms with E-state index in [9.17, 15) is 9.59 Å². The van der Waals surface area contributed by atoms with Crippen LogP contribution in [0.15, 0.2) is 46.1 Å². The zero-order valence-electron chi connectivity index (χ0n) is 17.6. The van der Waals surface area contributed by atoms with E-state index in [-0.39, 0.29) is 29.5 Å². The van der Waals surface area contributed by atoms with Crippen LogP contribution in [0.25, 0.3) is 0 Å². The molecular formula is C23H26N2O5S. The van der Waals surface area contributed by atoms with Gasteiger partial charge in [0.05, 0.1) is 23.7 Å². The van der Waals surface area contributed by atoms with E-state index in [1.54, 1.807) is 6.08 Å². The third-order valence-corrected chi connectivity index (χ3v) is 6.51. The Labute approximate surface area is 185 Å². The molecule has 1 unspecified atom stereocenters. The molecule has 8 heteroatoms. The van der Waals surface area contributed by atoms with E-state index in [2.05, 4.69) is 29.4 Å². The van der Waals surface area contributed by atoms with E-state index in [0.717, 1.165) is 60.0 Å². The lowest BCUT2D eigenvalue weighted by atomic mass is 9.93. The van der Waals surface area contributed by atoms with Gasteiger partial charge in [0, 0.05) is 0 Å². The summed E-state index contributed by atoms with van der Waals surface area (Å²) < 4.78 is 18.0. The van der Waals surface area contributed by atoms with Gasteiger partial charge in [-0.1, -0.05) is 24.3 Å². The van der Waals surface area contributed by atoms with Crippen LogP contribution in [0.2, 0.25) is 0 Å². The van der Waals surface area contributed by atoms with Gasteiger partial charge in [0.25, 0.3) is 11.1 Å². The summed E-state index contributed by atoms with van der Waals surface area (Å²) >= 11 is 0.909. The number of rotatable bonds is 7. The van der Waals surface area contributed by atoms with Crippen LogP contribution in [0, 0.1) is 13.8 Å². The number of aryl methyl sites for hydroxylation is 2. The molecule has 1 aliphatic carbocycles. The van der Waals surface area contributed by atoms with Crippen molar-refractivity contribution < 1.29 is 23.5 Å². The van der Waals surface area contributed by atoms with Crippen molar-refractivity contribution >= 4 is 22.9 Å². The van der Waals surface area contributed by atoms with Crippen LogP contribution in [0.5, 0.6) is 0 Å². The first-order valence-electron chi connectivity index (χ1n) is 10.5. The third kappa shape index (κ3) is 5.26. The number of hydrogen-bond donors (Lipinski definition) is 1. The zero-order chi connectivity index (χ0) is 21.8. The summed E-state index contributed by atoms with van der Waals surface area (Å²) in [4.78, 5) is 27.7. The standard InChI is InChI=1S/C23H26N2O5S/c1-14-6-3-4-9-18(14)21(20-15(2)29-13-24-20)30-17-8-5-7-16(12-17)28-11-10-19-22(26)25-23(27)31-19/h3-4,6,9-10,13,16-17,21H,5,7-8,11-12H2,1-2H3,(H,25,26,27)/t16-,17+,21?/m1/s1. The van der Waals surface area contributed by atoms with Crippen molar-refractivity contribution in [2.75, 3.05) is 6.61 Å². The van der Waals surface area contributed by atoms with Crippen LogP contribution in [0.1, 0.15) is 54.4 Å². The summed E-state index contributed by atoms with van der Waals surface area (Å²) in [5.74, 6) is 0.401. The van der Waals surface area contributed by atoms with E-state index in [1.165, 1.54) is 6.39 Å². The predicted molar refractivity (Wildman–Crippen MR) is 117 cm³/mol. The Hall–Kier alpha value is -2.42. The number of carbonyl (C=O) groups is 2. The minimum absolute atomic E-state index is 0.0258. The number of amides is 2. The van der Waals surface area contributed by atoms with Gasteiger partial charge in [0.1, 0.15) is 17.6 Å². The number of benzene rings is 1. The van der Waals surface area contributed by atoms with Gasteiger partial charge in [-0.2, -0.15) is 0 Å². The lowest BCUT2D eigenvalue weighted by Crippen LogP contribution is -2.30. The molecule has 4 rings (SSSR count). The number of carbonyl (C=O) groups excluding carboxylic acids is 2. The van der Waals surface area contributed by atoms with Gasteiger partial charge < -0.3 is 13.9 Å². The second kappa shape index (κ2) is 9.80. The van der Waals surface area contributed by atoms with Crippen LogP contribution in [0.4, 0.5) is 4.79 Å². The Morgan fingerprint density at radius 2 is 2.06 bits per heavy atom. The molecule has 0 radical (unpaired) electrons. The van der Waals surface area contributed by atoms with E-state index in [4.69, 9.17) is 13.9 Å². The van der Waals surface area contributed by atoms with E-state index < -0.39 is 0 Å². The summed E-state index contributed by atoms with van der Waals surface area (Å²) in [5, 5.41) is 1.91. The quantitative estimate of drug-likeness (QED) is 0.627. The third-order valence-electron chi connectivity index (χ3n) is 5.65. The van der Waals surface area contributed by atoms with Crippen LogP contribution in [0.3, 0.4) is 0 Å². The fourth-order valence-electron chi connectivity index (χ4n) is 4.02. The maximum atomic E-state index is 11.6. The summed E-state index contributed by atoms with van der Waals surface area (Å²) in [6.45, 7) is 4.27. The van der Waals surface area contributed by atoms with Crippen LogP contribution < -0.4 is 5.32 Å². The summed E-state index contributed by atoms with van der Waals surface area (Å²) in [6.07, 6.45) is 6.56. The van der Waals surface area contributed by atoms with Crippen LogP contribution in [-0.4, -0.2) is 34.9 Å². The number of thioether (sulfide) groups is 1. The van der Waals surface area contributed by atoms with E-state index in [1.807, 2.05) is 19.1 Å². The number of nitrogens with zero attached hydrogens (tertiary/aromatic N) is 1. The van der Waals surface area contributed by atoms with Crippen molar-refractivity contribution in [2.24, 2.45) is 0 Å². The molecule has 2 aliphatic rings. The average Bonchev–Trinajstić information content (AvgIpc) is 3.31. The van der Waals surface area contributed by atoms with Crippen LogP contribution >= 0.6 is 11.8 Å². The molecule has 1 saturated carbocycles. The van der Waals surface area contributed by atoms with Gasteiger partial charge in [-0.25, -0.2) is 4.98 Å². The lowest BCUT2D eigenvalue weighted by Gasteiger charge is -2.32. The molecule has 1 N–H and O–H groups in total. The first-order valence-corrected chi connectivity index (χ1v) is 11.3. The molecule has 3 atom stereocenters. The smallest absolute Gasteiger partial charge is 0.290 e. The normalized spacial score (nSPS) is 23.9. The molecule has 2 amide bonds. The topological polar surface area (TPSA) is 90.7 Å². The minimum atomic E-state index is -0.354. The maximum absolute atomic E-state index is 11.6. The molecule has 7 nitrogen and oxygen atoms in total. The van der Waals surface area contributed by atoms with E-state index in [0.29, 0.717) is 11.5 Å². The Morgan fingerprint density at radius 1 is 1.26 bits per heavy atom. The van der Waals surface area contributed by atoms with Gasteiger partial charge in [-0.05, 0) is 68.5 Å². The highest BCUT2D eigenvalue weighted by molar-refractivity contribution is 8.18. The molecule has 1 aromatic carbocycles. The molecule has 164 valence electrons. The summed E-state index contributed by atoms with van der Waals surface area (Å²) in [7, 11) is 0. The SMILES string of the molecule is Cc1ccccc1C(O[C@H]1CCC[C@@H](OCC=C2SC(=O)NC2=O)C1)c1ncoc1C. The Kier molecular flexibility index (Phi) is 6.89. The number of imide groups is 1. The monoisotopic (exact) mass is 442 g/mol.